The van der Waals surface area contributed by atoms with Gasteiger partial charge in [-0.1, -0.05) is 12.1 Å². The quantitative estimate of drug-likeness (QED) is 0.382. The van der Waals surface area contributed by atoms with Gasteiger partial charge in [-0.15, -0.1) is 0 Å². The molecule has 0 amide bonds. The summed E-state index contributed by atoms with van der Waals surface area (Å²) in [6.45, 7) is 1.77. The molecule has 4 aromatic rings. The average Bonchev–Trinajstić information content (AvgIpc) is 3.66. The van der Waals surface area contributed by atoms with Crippen molar-refractivity contribution in [1.82, 2.24) is 29.6 Å². The maximum atomic E-state index is 13.6. The molecule has 3 N–H and O–H groups in total. The van der Waals surface area contributed by atoms with Crippen LogP contribution in [0.15, 0.2) is 47.4 Å². The van der Waals surface area contributed by atoms with Crippen LogP contribution in [0.2, 0.25) is 0 Å². The van der Waals surface area contributed by atoms with Gasteiger partial charge in [0.05, 0.1) is 11.7 Å². The number of fused-ring (bicyclic) bond motifs is 2. The lowest BCUT2D eigenvalue weighted by atomic mass is 9.74. The Kier molecular flexibility index (Phi) is 4.80. The van der Waals surface area contributed by atoms with Crippen molar-refractivity contribution in [3.63, 3.8) is 0 Å². The molecule has 0 spiro atoms. The van der Waals surface area contributed by atoms with Crippen molar-refractivity contribution >= 4 is 22.7 Å². The van der Waals surface area contributed by atoms with E-state index in [9.17, 15) is 18.7 Å². The zero-order chi connectivity index (χ0) is 25.4. The van der Waals surface area contributed by atoms with Crippen molar-refractivity contribution in [2.24, 2.45) is 0 Å². The molecular formula is C26H25F2N7O2. The Morgan fingerprint density at radius 1 is 1.11 bits per heavy atom. The number of rotatable bonds is 5. The largest absolute Gasteiger partial charge is 0.383 e. The van der Waals surface area contributed by atoms with Crippen molar-refractivity contribution in [3.05, 3.63) is 69.8 Å². The first-order valence-corrected chi connectivity index (χ1v) is 12.5. The minimum Gasteiger partial charge on any atom is -0.383 e. The van der Waals surface area contributed by atoms with Crippen LogP contribution >= 0.6 is 0 Å². The second kappa shape index (κ2) is 7.90. The normalized spacial score (nSPS) is 19.9. The zero-order valence-electron chi connectivity index (χ0n) is 19.9. The topological polar surface area (TPSA) is 110 Å². The molecule has 9 nitrogen and oxygen atoms in total. The summed E-state index contributed by atoms with van der Waals surface area (Å²) >= 11 is 0. The Hall–Kier alpha value is -3.70. The average molecular weight is 506 g/mol. The molecule has 1 aromatic carbocycles. The van der Waals surface area contributed by atoms with Crippen LogP contribution in [0.1, 0.15) is 48.5 Å². The van der Waals surface area contributed by atoms with Crippen molar-refractivity contribution in [1.29, 1.82) is 0 Å². The summed E-state index contributed by atoms with van der Waals surface area (Å²) in [6.07, 6.45) is 2.78. The number of halogens is 2. The summed E-state index contributed by atoms with van der Waals surface area (Å²) in [5, 5.41) is 17.7. The number of nitrogens with one attached hydrogen (secondary N) is 2. The van der Waals surface area contributed by atoms with Gasteiger partial charge < -0.3 is 15.7 Å². The van der Waals surface area contributed by atoms with E-state index in [1.807, 2.05) is 6.07 Å². The summed E-state index contributed by atoms with van der Waals surface area (Å²) in [5.74, 6) is -2.24. The van der Waals surface area contributed by atoms with Crippen LogP contribution in [-0.2, 0) is 18.6 Å². The third-order valence-corrected chi connectivity index (χ3v) is 7.40. The summed E-state index contributed by atoms with van der Waals surface area (Å²) in [4.78, 5) is 26.9. The number of hydrogen-bond acceptors (Lipinski definition) is 7. The molecule has 2 saturated carbocycles. The fraction of sp³-hybridized carbons (Fsp3) is 0.385. The predicted octanol–water partition coefficient (Wildman–Crippen LogP) is 3.32. The number of aliphatic hydroxyl groups is 1. The SMILES string of the molecule is O=c1c2cnc(Nc3ccc4c(c3)CCNC4)nc2n(-c2cccc(C3(O)CC(F)(F)C3)n2)n1C1CC1. The number of alkyl halides is 2. The van der Waals surface area contributed by atoms with Crippen LogP contribution < -0.4 is 16.2 Å². The van der Waals surface area contributed by atoms with Crippen LogP contribution in [-0.4, -0.2) is 41.9 Å². The number of pyridine rings is 1. The third kappa shape index (κ3) is 3.80. The van der Waals surface area contributed by atoms with Gasteiger partial charge in [-0.2, -0.15) is 4.98 Å². The number of aromatic nitrogens is 5. The number of hydrogen-bond donors (Lipinski definition) is 3. The Labute approximate surface area is 210 Å². The van der Waals surface area contributed by atoms with E-state index in [2.05, 4.69) is 37.7 Å². The minimum absolute atomic E-state index is 0.00561. The lowest BCUT2D eigenvalue weighted by molar-refractivity contribution is -0.212. The highest BCUT2D eigenvalue weighted by Crippen LogP contribution is 2.51. The molecular weight excluding hydrogens is 480 g/mol. The first-order chi connectivity index (χ1) is 17.8. The van der Waals surface area contributed by atoms with Crippen LogP contribution in [0.4, 0.5) is 20.4 Å². The Bertz CT molecular complexity index is 1600. The fourth-order valence-electron chi connectivity index (χ4n) is 5.40. The molecule has 4 heterocycles. The molecule has 1 aliphatic heterocycles. The Morgan fingerprint density at radius 2 is 1.95 bits per heavy atom. The molecule has 2 aliphatic carbocycles. The van der Waals surface area contributed by atoms with Crippen molar-refractivity contribution in [2.45, 2.75) is 56.2 Å². The molecule has 3 aromatic heterocycles. The monoisotopic (exact) mass is 505 g/mol. The maximum Gasteiger partial charge on any atom is 0.278 e. The molecule has 37 heavy (non-hydrogen) atoms. The third-order valence-electron chi connectivity index (χ3n) is 7.40. The maximum absolute atomic E-state index is 13.6. The van der Waals surface area contributed by atoms with Gasteiger partial charge in [0.25, 0.3) is 11.5 Å². The van der Waals surface area contributed by atoms with E-state index in [1.54, 1.807) is 21.5 Å². The van der Waals surface area contributed by atoms with Gasteiger partial charge in [0.15, 0.2) is 11.5 Å². The van der Waals surface area contributed by atoms with Crippen molar-refractivity contribution in [2.75, 3.05) is 11.9 Å². The number of anilines is 2. The van der Waals surface area contributed by atoms with Gasteiger partial charge in [0, 0.05) is 31.3 Å². The van der Waals surface area contributed by atoms with E-state index >= 15 is 0 Å². The first-order valence-electron chi connectivity index (χ1n) is 12.5. The minimum atomic E-state index is -2.91. The van der Waals surface area contributed by atoms with Crippen LogP contribution in [0.3, 0.4) is 0 Å². The lowest BCUT2D eigenvalue weighted by Gasteiger charge is -2.42. The summed E-state index contributed by atoms with van der Waals surface area (Å²) in [6, 6.07) is 11.0. The number of benzene rings is 1. The van der Waals surface area contributed by atoms with Crippen LogP contribution in [0.25, 0.3) is 16.9 Å². The molecule has 3 aliphatic rings. The smallest absolute Gasteiger partial charge is 0.278 e. The summed E-state index contributed by atoms with van der Waals surface area (Å²) in [7, 11) is 0. The second-order valence-corrected chi connectivity index (χ2v) is 10.3. The van der Waals surface area contributed by atoms with Gasteiger partial charge in [-0.3, -0.25) is 4.79 Å². The zero-order valence-corrected chi connectivity index (χ0v) is 19.9. The van der Waals surface area contributed by atoms with Crippen molar-refractivity contribution < 1.29 is 13.9 Å². The van der Waals surface area contributed by atoms with Gasteiger partial charge in [-0.05, 0) is 61.2 Å². The van der Waals surface area contributed by atoms with E-state index in [4.69, 9.17) is 0 Å². The van der Waals surface area contributed by atoms with Crippen LogP contribution in [0, 0.1) is 0 Å². The van der Waals surface area contributed by atoms with Crippen LogP contribution in [0.5, 0.6) is 0 Å². The van der Waals surface area contributed by atoms with Gasteiger partial charge in [0.1, 0.15) is 11.0 Å². The molecule has 2 fully saturated rings. The first kappa shape index (κ1) is 22.5. The highest BCUT2D eigenvalue weighted by Gasteiger charge is 2.57. The van der Waals surface area contributed by atoms with Gasteiger partial charge >= 0.3 is 0 Å². The van der Waals surface area contributed by atoms with Crippen molar-refractivity contribution in [3.8, 4) is 5.82 Å². The Morgan fingerprint density at radius 3 is 2.73 bits per heavy atom. The molecule has 0 radical (unpaired) electrons. The summed E-state index contributed by atoms with van der Waals surface area (Å²) in [5.41, 5.74) is 1.98. The van der Waals surface area contributed by atoms with Gasteiger partial charge in [-0.25, -0.2) is 28.1 Å². The van der Waals surface area contributed by atoms with E-state index in [0.717, 1.165) is 38.0 Å². The van der Waals surface area contributed by atoms with E-state index < -0.39 is 24.4 Å². The highest BCUT2D eigenvalue weighted by molar-refractivity contribution is 5.77. The number of nitrogens with zero attached hydrogens (tertiary/aromatic N) is 5. The molecule has 0 saturated heterocycles. The van der Waals surface area contributed by atoms with E-state index in [1.165, 1.54) is 23.4 Å². The molecule has 11 heteroatoms. The lowest BCUT2D eigenvalue weighted by Crippen LogP contribution is -2.49. The highest BCUT2D eigenvalue weighted by atomic mass is 19.3. The van der Waals surface area contributed by atoms with E-state index in [0.29, 0.717) is 22.8 Å². The Balaban J connectivity index is 1.31. The van der Waals surface area contributed by atoms with E-state index in [-0.39, 0.29) is 17.3 Å². The fourth-order valence-corrected chi connectivity index (χ4v) is 5.40. The molecule has 0 unspecified atom stereocenters. The molecule has 190 valence electrons. The summed E-state index contributed by atoms with van der Waals surface area (Å²) < 4.78 is 30.4. The standard InChI is InChI=1S/C26H25F2N7O2/c27-26(28)13-25(37,14-26)20-2-1-3-21(32-20)35-22-19(23(36)34(35)18-6-7-18)12-30-24(33-22)31-17-5-4-16-11-29-9-8-15(16)10-17/h1-5,10,12,18,29,37H,6-9,11,13-14H2,(H,30,31,33). The van der Waals surface area contributed by atoms with Gasteiger partial charge in [0.2, 0.25) is 5.95 Å². The molecule has 0 bridgehead atoms. The second-order valence-electron chi connectivity index (χ2n) is 10.3. The molecule has 0 atom stereocenters. The molecule has 7 rings (SSSR count). The predicted molar refractivity (Wildman–Crippen MR) is 132 cm³/mol.